The van der Waals surface area contributed by atoms with Crippen molar-refractivity contribution in [2.24, 2.45) is 5.73 Å². The summed E-state index contributed by atoms with van der Waals surface area (Å²) in [6.45, 7) is -1.17. The largest absolute Gasteiger partial charge is 0.434 e. The summed E-state index contributed by atoms with van der Waals surface area (Å²) in [5.74, 6) is -0.0824. The molecule has 0 bridgehead atoms. The van der Waals surface area contributed by atoms with Gasteiger partial charge in [0.25, 0.3) is 10.0 Å². The average Bonchev–Trinajstić information content (AvgIpc) is 2.93. The molecule has 5 nitrogen and oxygen atoms in total. The molecule has 0 atom stereocenters. The van der Waals surface area contributed by atoms with Gasteiger partial charge in [-0.05, 0) is 53.2 Å². The van der Waals surface area contributed by atoms with Crippen LogP contribution in [-0.2, 0) is 16.6 Å². The standard InChI is InChI=1S/C17H15BrF2N2O3S.ClH/c1-10-2-4-13(5-3-10)26(23,24)22-12(9-21)6-11-7-16(25-17(19)20)14(18)8-15(11)22;/h2-8,17H,9,21H2,1H3;1H. The van der Waals surface area contributed by atoms with Gasteiger partial charge in [0.05, 0.1) is 14.9 Å². The first-order chi connectivity index (χ1) is 12.2. The van der Waals surface area contributed by atoms with Crippen molar-refractivity contribution in [2.75, 3.05) is 0 Å². The highest BCUT2D eigenvalue weighted by Gasteiger charge is 2.24. The second-order valence-electron chi connectivity index (χ2n) is 5.64. The maximum absolute atomic E-state index is 13.1. The fraction of sp³-hybridized carbons (Fsp3) is 0.176. The lowest BCUT2D eigenvalue weighted by Gasteiger charge is -2.12. The van der Waals surface area contributed by atoms with E-state index in [4.69, 9.17) is 5.73 Å². The SMILES string of the molecule is Cc1ccc(S(=O)(=O)n2c(CN)cc3cc(OC(F)F)c(Br)cc32)cc1.Cl. The highest BCUT2D eigenvalue weighted by molar-refractivity contribution is 9.10. The van der Waals surface area contributed by atoms with Crippen molar-refractivity contribution in [2.45, 2.75) is 25.0 Å². The molecule has 27 heavy (non-hydrogen) atoms. The Labute approximate surface area is 169 Å². The van der Waals surface area contributed by atoms with Crippen LogP contribution in [0, 0.1) is 6.92 Å². The van der Waals surface area contributed by atoms with Crippen molar-refractivity contribution >= 4 is 49.3 Å². The van der Waals surface area contributed by atoms with Gasteiger partial charge in [-0.3, -0.25) is 0 Å². The van der Waals surface area contributed by atoms with Crippen LogP contribution in [0.5, 0.6) is 5.75 Å². The van der Waals surface area contributed by atoms with E-state index in [2.05, 4.69) is 20.7 Å². The quantitative estimate of drug-likeness (QED) is 0.585. The van der Waals surface area contributed by atoms with Crippen LogP contribution >= 0.6 is 28.3 Å². The summed E-state index contributed by atoms with van der Waals surface area (Å²) in [6.07, 6.45) is 0. The van der Waals surface area contributed by atoms with E-state index in [0.717, 1.165) is 9.54 Å². The summed E-state index contributed by atoms with van der Waals surface area (Å²) in [5.41, 5.74) is 7.30. The zero-order valence-corrected chi connectivity index (χ0v) is 17.2. The number of ether oxygens (including phenoxy) is 1. The van der Waals surface area contributed by atoms with Crippen LogP contribution in [-0.4, -0.2) is 19.0 Å². The molecule has 0 spiro atoms. The summed E-state index contributed by atoms with van der Waals surface area (Å²) in [5, 5.41) is 0.431. The van der Waals surface area contributed by atoms with Crippen LogP contribution in [0.15, 0.2) is 51.8 Å². The van der Waals surface area contributed by atoms with E-state index in [9.17, 15) is 17.2 Å². The summed E-state index contributed by atoms with van der Waals surface area (Å²) < 4.78 is 57.1. The normalized spacial score (nSPS) is 11.6. The third-order valence-corrected chi connectivity index (χ3v) is 6.27. The summed E-state index contributed by atoms with van der Waals surface area (Å²) in [4.78, 5) is 0.110. The number of halogens is 4. The molecular weight excluding hydrogens is 466 g/mol. The highest BCUT2D eigenvalue weighted by Crippen LogP contribution is 2.35. The van der Waals surface area contributed by atoms with Crippen LogP contribution in [0.4, 0.5) is 8.78 Å². The van der Waals surface area contributed by atoms with Gasteiger partial charge < -0.3 is 10.5 Å². The molecule has 2 N–H and O–H groups in total. The smallest absolute Gasteiger partial charge is 0.387 e. The topological polar surface area (TPSA) is 74.3 Å². The second kappa shape index (κ2) is 8.14. The maximum Gasteiger partial charge on any atom is 0.387 e. The molecule has 1 aromatic heterocycles. The van der Waals surface area contributed by atoms with Crippen LogP contribution in [0.25, 0.3) is 10.9 Å². The van der Waals surface area contributed by atoms with E-state index < -0.39 is 16.6 Å². The zero-order valence-electron chi connectivity index (χ0n) is 14.0. The number of benzene rings is 2. The minimum Gasteiger partial charge on any atom is -0.434 e. The molecule has 0 amide bonds. The minimum absolute atomic E-state index is 0. The van der Waals surface area contributed by atoms with Gasteiger partial charge in [0.15, 0.2) is 0 Å². The first-order valence-corrected chi connectivity index (χ1v) is 9.78. The Kier molecular flexibility index (Phi) is 6.51. The van der Waals surface area contributed by atoms with Crippen molar-refractivity contribution in [3.63, 3.8) is 0 Å². The molecule has 0 aliphatic heterocycles. The molecule has 10 heteroatoms. The minimum atomic E-state index is -3.91. The predicted molar refractivity (Wildman–Crippen MR) is 105 cm³/mol. The molecule has 3 rings (SSSR count). The first-order valence-electron chi connectivity index (χ1n) is 7.55. The lowest BCUT2D eigenvalue weighted by atomic mass is 10.2. The summed E-state index contributed by atoms with van der Waals surface area (Å²) in [6, 6.07) is 10.8. The Bertz CT molecular complexity index is 1070. The number of nitrogens with zero attached hydrogens (tertiary/aromatic N) is 1. The monoisotopic (exact) mass is 480 g/mol. The Morgan fingerprint density at radius 1 is 1.19 bits per heavy atom. The number of hydrogen-bond acceptors (Lipinski definition) is 4. The van der Waals surface area contributed by atoms with E-state index in [0.29, 0.717) is 16.6 Å². The molecule has 0 saturated heterocycles. The molecule has 2 aromatic carbocycles. The molecule has 0 aliphatic rings. The van der Waals surface area contributed by atoms with Crippen molar-refractivity contribution in [3.05, 3.63) is 58.2 Å². The number of fused-ring (bicyclic) bond motifs is 1. The Morgan fingerprint density at radius 2 is 1.81 bits per heavy atom. The Morgan fingerprint density at radius 3 is 2.37 bits per heavy atom. The number of alkyl halides is 2. The van der Waals surface area contributed by atoms with E-state index in [-0.39, 0.29) is 34.1 Å². The molecular formula is C17H16BrClF2N2O3S. The molecule has 146 valence electrons. The highest BCUT2D eigenvalue weighted by atomic mass is 79.9. The third kappa shape index (κ3) is 4.11. The van der Waals surface area contributed by atoms with Gasteiger partial charge in [-0.25, -0.2) is 12.4 Å². The van der Waals surface area contributed by atoms with Gasteiger partial charge >= 0.3 is 6.61 Å². The van der Waals surface area contributed by atoms with E-state index in [1.165, 1.54) is 24.3 Å². The van der Waals surface area contributed by atoms with Gasteiger partial charge in [0.1, 0.15) is 5.75 Å². The second-order valence-corrected chi connectivity index (χ2v) is 8.28. The van der Waals surface area contributed by atoms with Gasteiger partial charge in [-0.1, -0.05) is 17.7 Å². The van der Waals surface area contributed by atoms with Gasteiger partial charge in [0.2, 0.25) is 0 Å². The van der Waals surface area contributed by atoms with Crippen LogP contribution < -0.4 is 10.5 Å². The fourth-order valence-corrected chi connectivity index (χ4v) is 4.64. The van der Waals surface area contributed by atoms with E-state index in [1.807, 2.05) is 6.92 Å². The molecule has 1 heterocycles. The molecule has 0 saturated carbocycles. The maximum atomic E-state index is 13.1. The lowest BCUT2D eigenvalue weighted by molar-refractivity contribution is -0.0502. The molecule has 3 aromatic rings. The molecule has 0 fully saturated rings. The van der Waals surface area contributed by atoms with Gasteiger partial charge in [-0.15, -0.1) is 12.4 Å². The molecule has 0 unspecified atom stereocenters. The van der Waals surface area contributed by atoms with Crippen molar-refractivity contribution in [1.82, 2.24) is 3.97 Å². The average molecular weight is 482 g/mol. The van der Waals surface area contributed by atoms with Gasteiger partial charge in [-0.2, -0.15) is 8.78 Å². The van der Waals surface area contributed by atoms with Crippen molar-refractivity contribution < 1.29 is 21.9 Å². The third-order valence-electron chi connectivity index (χ3n) is 3.87. The number of hydrogen-bond donors (Lipinski definition) is 1. The molecule has 0 aliphatic carbocycles. The number of aromatic nitrogens is 1. The fourth-order valence-electron chi connectivity index (χ4n) is 2.67. The van der Waals surface area contributed by atoms with Crippen molar-refractivity contribution in [3.8, 4) is 5.75 Å². The lowest BCUT2D eigenvalue weighted by Crippen LogP contribution is -2.17. The summed E-state index contributed by atoms with van der Waals surface area (Å²) >= 11 is 3.15. The summed E-state index contributed by atoms with van der Waals surface area (Å²) in [7, 11) is -3.91. The number of nitrogens with two attached hydrogens (primary N) is 1. The van der Waals surface area contributed by atoms with Crippen LogP contribution in [0.2, 0.25) is 0 Å². The van der Waals surface area contributed by atoms with E-state index in [1.54, 1.807) is 18.2 Å². The molecule has 0 radical (unpaired) electrons. The number of rotatable bonds is 5. The number of aryl methyl sites for hydroxylation is 1. The van der Waals surface area contributed by atoms with Crippen molar-refractivity contribution in [1.29, 1.82) is 0 Å². The van der Waals surface area contributed by atoms with Gasteiger partial charge in [0, 0.05) is 17.6 Å². The van der Waals surface area contributed by atoms with E-state index >= 15 is 0 Å². The Hall–Kier alpha value is -1.68. The predicted octanol–water partition coefficient (Wildman–Crippen LogP) is 4.43. The first kappa shape index (κ1) is 21.6. The zero-order chi connectivity index (χ0) is 19.1. The van der Waals surface area contributed by atoms with Crippen LogP contribution in [0.1, 0.15) is 11.3 Å². The Balaban J connectivity index is 0.00000261. The van der Waals surface area contributed by atoms with Crippen LogP contribution in [0.3, 0.4) is 0 Å².